The molecule has 0 unspecified atom stereocenters. The topological polar surface area (TPSA) is 45.5 Å². The number of likely N-dealkylation sites (N-methyl/N-ethyl adjacent to an activating group) is 1. The molecule has 3 rings (SSSR count). The van der Waals surface area contributed by atoms with Crippen molar-refractivity contribution in [2.45, 2.75) is 19.9 Å². The second-order valence-electron chi connectivity index (χ2n) is 6.05. The number of thiophene rings is 1. The summed E-state index contributed by atoms with van der Waals surface area (Å²) >= 11 is 1.80. The standard InChI is InChI=1S/C20H25N5S.HI/c1-3-21-20(24(2)12-11-19-10-7-13-26-19)22-14-17-15-23-25(16-17)18-8-5-4-6-9-18;/h4-10,13,15-16H,3,11-12,14H2,1-2H3,(H,21,22);1H. The number of hydrogen-bond donors (Lipinski definition) is 1. The minimum atomic E-state index is 0. The van der Waals surface area contributed by atoms with E-state index in [0.29, 0.717) is 6.54 Å². The van der Waals surface area contributed by atoms with Crippen LogP contribution < -0.4 is 5.32 Å². The number of halogens is 1. The first-order valence-electron chi connectivity index (χ1n) is 8.87. The third kappa shape index (κ3) is 6.35. The number of nitrogens with zero attached hydrogens (tertiary/aromatic N) is 4. The lowest BCUT2D eigenvalue weighted by Crippen LogP contribution is -2.39. The fraction of sp³-hybridized carbons (Fsp3) is 0.300. The van der Waals surface area contributed by atoms with Crippen LogP contribution in [0.2, 0.25) is 0 Å². The summed E-state index contributed by atoms with van der Waals surface area (Å²) < 4.78 is 1.89. The second kappa shape index (κ2) is 11.1. The number of benzene rings is 1. The molecule has 27 heavy (non-hydrogen) atoms. The summed E-state index contributed by atoms with van der Waals surface area (Å²) in [6, 6.07) is 14.4. The lowest BCUT2D eigenvalue weighted by atomic mass is 10.3. The van der Waals surface area contributed by atoms with Crippen molar-refractivity contribution >= 4 is 41.3 Å². The van der Waals surface area contributed by atoms with Crippen molar-refractivity contribution < 1.29 is 0 Å². The Morgan fingerprint density at radius 1 is 1.22 bits per heavy atom. The molecule has 2 heterocycles. The summed E-state index contributed by atoms with van der Waals surface area (Å²) in [6.07, 6.45) is 4.95. The molecule has 5 nitrogen and oxygen atoms in total. The van der Waals surface area contributed by atoms with Crippen molar-refractivity contribution in [3.8, 4) is 5.69 Å². The number of nitrogens with one attached hydrogen (secondary N) is 1. The van der Waals surface area contributed by atoms with Gasteiger partial charge in [0.15, 0.2) is 5.96 Å². The molecule has 0 aliphatic carbocycles. The highest BCUT2D eigenvalue weighted by atomic mass is 127. The van der Waals surface area contributed by atoms with E-state index in [0.717, 1.165) is 36.7 Å². The summed E-state index contributed by atoms with van der Waals surface area (Å²) in [7, 11) is 2.09. The van der Waals surface area contributed by atoms with Crippen LogP contribution in [0, 0.1) is 0 Å². The van der Waals surface area contributed by atoms with E-state index in [4.69, 9.17) is 4.99 Å². The molecule has 0 amide bonds. The Balaban J connectivity index is 0.00000261. The van der Waals surface area contributed by atoms with Crippen molar-refractivity contribution in [1.82, 2.24) is 20.0 Å². The average molecular weight is 495 g/mol. The molecule has 0 aliphatic heterocycles. The van der Waals surface area contributed by atoms with Crippen molar-refractivity contribution in [2.24, 2.45) is 4.99 Å². The van der Waals surface area contributed by atoms with Gasteiger partial charge in [-0.15, -0.1) is 35.3 Å². The maximum Gasteiger partial charge on any atom is 0.193 e. The molecule has 0 saturated carbocycles. The zero-order chi connectivity index (χ0) is 18.2. The van der Waals surface area contributed by atoms with Gasteiger partial charge in [-0.1, -0.05) is 24.3 Å². The Bertz CT molecular complexity index is 814. The van der Waals surface area contributed by atoms with E-state index in [9.17, 15) is 0 Å². The lowest BCUT2D eigenvalue weighted by molar-refractivity contribution is 0.486. The molecule has 0 fully saturated rings. The molecule has 0 atom stereocenters. The van der Waals surface area contributed by atoms with Gasteiger partial charge < -0.3 is 10.2 Å². The highest BCUT2D eigenvalue weighted by Crippen LogP contribution is 2.10. The van der Waals surface area contributed by atoms with E-state index in [1.165, 1.54) is 4.88 Å². The normalized spacial score (nSPS) is 11.1. The minimum Gasteiger partial charge on any atom is -0.357 e. The zero-order valence-corrected chi connectivity index (χ0v) is 18.9. The molecule has 0 aliphatic rings. The molecule has 1 aromatic carbocycles. The van der Waals surface area contributed by atoms with Gasteiger partial charge in [-0.05, 0) is 36.9 Å². The van der Waals surface area contributed by atoms with Crippen LogP contribution in [-0.2, 0) is 13.0 Å². The molecule has 3 aromatic rings. The summed E-state index contributed by atoms with van der Waals surface area (Å²) in [5, 5.41) is 9.94. The van der Waals surface area contributed by atoms with E-state index in [-0.39, 0.29) is 24.0 Å². The lowest BCUT2D eigenvalue weighted by Gasteiger charge is -2.21. The number of aliphatic imine (C=N–C) groups is 1. The molecule has 144 valence electrons. The van der Waals surface area contributed by atoms with Gasteiger partial charge in [-0.25, -0.2) is 9.67 Å². The average Bonchev–Trinajstić information content (AvgIpc) is 3.36. The molecule has 0 radical (unpaired) electrons. The Morgan fingerprint density at radius 3 is 2.74 bits per heavy atom. The fourth-order valence-electron chi connectivity index (χ4n) is 2.64. The van der Waals surface area contributed by atoms with Gasteiger partial charge >= 0.3 is 0 Å². The number of rotatable bonds is 7. The second-order valence-corrected chi connectivity index (χ2v) is 7.08. The maximum absolute atomic E-state index is 4.77. The van der Waals surface area contributed by atoms with Gasteiger partial charge in [0.2, 0.25) is 0 Å². The number of para-hydroxylation sites is 1. The largest absolute Gasteiger partial charge is 0.357 e. The highest BCUT2D eigenvalue weighted by Gasteiger charge is 2.07. The smallest absolute Gasteiger partial charge is 0.193 e. The maximum atomic E-state index is 4.77. The molecule has 0 bridgehead atoms. The van der Waals surface area contributed by atoms with Crippen LogP contribution in [0.25, 0.3) is 5.69 Å². The van der Waals surface area contributed by atoms with Gasteiger partial charge in [-0.2, -0.15) is 5.10 Å². The van der Waals surface area contributed by atoms with E-state index < -0.39 is 0 Å². The van der Waals surface area contributed by atoms with Gasteiger partial charge in [0, 0.05) is 36.8 Å². The van der Waals surface area contributed by atoms with Crippen LogP contribution in [-0.4, -0.2) is 40.8 Å². The quantitative estimate of drug-likeness (QED) is 0.304. The third-order valence-corrected chi connectivity index (χ3v) is 4.97. The van der Waals surface area contributed by atoms with E-state index in [1.807, 2.05) is 47.4 Å². The summed E-state index contributed by atoms with van der Waals surface area (Å²) in [6.45, 7) is 4.50. The first-order chi connectivity index (χ1) is 12.8. The van der Waals surface area contributed by atoms with Crippen LogP contribution in [0.15, 0.2) is 65.2 Å². The van der Waals surface area contributed by atoms with Crippen LogP contribution in [0.1, 0.15) is 17.4 Å². The molecule has 2 aromatic heterocycles. The molecule has 0 spiro atoms. The van der Waals surface area contributed by atoms with Crippen LogP contribution in [0.4, 0.5) is 0 Å². The van der Waals surface area contributed by atoms with Crippen molar-refractivity contribution in [3.05, 3.63) is 70.7 Å². The Hall–Kier alpha value is -1.87. The minimum absolute atomic E-state index is 0. The van der Waals surface area contributed by atoms with Gasteiger partial charge in [-0.3, -0.25) is 0 Å². The first-order valence-corrected chi connectivity index (χ1v) is 9.75. The zero-order valence-electron chi connectivity index (χ0n) is 15.7. The predicted octanol–water partition coefficient (Wildman–Crippen LogP) is 4.19. The number of hydrogen-bond acceptors (Lipinski definition) is 3. The Morgan fingerprint density at radius 2 is 2.04 bits per heavy atom. The van der Waals surface area contributed by atoms with E-state index in [1.54, 1.807) is 11.3 Å². The van der Waals surface area contributed by atoms with E-state index >= 15 is 0 Å². The van der Waals surface area contributed by atoms with E-state index in [2.05, 4.69) is 46.8 Å². The first kappa shape index (κ1) is 21.4. The van der Waals surface area contributed by atoms with Crippen molar-refractivity contribution in [1.29, 1.82) is 0 Å². The molecular formula is C20H26IN5S. The van der Waals surface area contributed by atoms with Crippen molar-refractivity contribution in [3.63, 3.8) is 0 Å². The van der Waals surface area contributed by atoms with Gasteiger partial charge in [0.25, 0.3) is 0 Å². The SMILES string of the molecule is CCNC(=NCc1cnn(-c2ccccc2)c1)N(C)CCc1cccs1.I. The highest BCUT2D eigenvalue weighted by molar-refractivity contribution is 14.0. The number of aromatic nitrogens is 2. The predicted molar refractivity (Wildman–Crippen MR) is 124 cm³/mol. The summed E-state index contributed by atoms with van der Waals surface area (Å²) in [5.74, 6) is 0.927. The molecule has 0 saturated heterocycles. The summed E-state index contributed by atoms with van der Waals surface area (Å²) in [4.78, 5) is 8.36. The van der Waals surface area contributed by atoms with Gasteiger partial charge in [0.05, 0.1) is 18.4 Å². The monoisotopic (exact) mass is 495 g/mol. The fourth-order valence-corrected chi connectivity index (χ4v) is 3.34. The molecular weight excluding hydrogens is 469 g/mol. The van der Waals surface area contributed by atoms with Crippen molar-refractivity contribution in [2.75, 3.05) is 20.1 Å². The molecule has 7 heteroatoms. The molecule has 1 N–H and O–H groups in total. The van der Waals surface area contributed by atoms with Gasteiger partial charge in [0.1, 0.15) is 0 Å². The third-order valence-electron chi connectivity index (χ3n) is 4.04. The van der Waals surface area contributed by atoms with Crippen LogP contribution >= 0.6 is 35.3 Å². The Kier molecular flexibility index (Phi) is 8.80. The Labute approximate surface area is 182 Å². The van der Waals surface area contributed by atoms with Crippen LogP contribution in [0.3, 0.4) is 0 Å². The number of guanidine groups is 1. The summed E-state index contributed by atoms with van der Waals surface area (Å²) in [5.41, 5.74) is 2.15. The van der Waals surface area contributed by atoms with Crippen LogP contribution in [0.5, 0.6) is 0 Å².